The van der Waals surface area contributed by atoms with Crippen LogP contribution in [0, 0.1) is 5.92 Å². The highest BCUT2D eigenvalue weighted by molar-refractivity contribution is 5.97. The number of amides is 2. The number of halogens is 1. The summed E-state index contributed by atoms with van der Waals surface area (Å²) in [5, 5.41) is 3.05. The second-order valence-corrected chi connectivity index (χ2v) is 5.30. The second-order valence-electron chi connectivity index (χ2n) is 5.30. The summed E-state index contributed by atoms with van der Waals surface area (Å²) in [5.74, 6) is -0.253. The molecule has 116 valence electrons. The zero-order chi connectivity index (χ0) is 14.5. The molecule has 2 amide bonds. The van der Waals surface area contributed by atoms with Crippen LogP contribution in [-0.2, 0) is 0 Å². The lowest BCUT2D eigenvalue weighted by Gasteiger charge is -2.31. The van der Waals surface area contributed by atoms with Gasteiger partial charge in [0.05, 0.1) is 0 Å². The number of primary amides is 1. The van der Waals surface area contributed by atoms with Crippen molar-refractivity contribution < 1.29 is 9.59 Å². The van der Waals surface area contributed by atoms with E-state index >= 15 is 0 Å². The maximum absolute atomic E-state index is 12.2. The second kappa shape index (κ2) is 8.00. The Labute approximate surface area is 130 Å². The summed E-state index contributed by atoms with van der Waals surface area (Å²) in [6.45, 7) is 0.603. The highest BCUT2D eigenvalue weighted by Gasteiger charge is 2.25. The molecule has 0 spiro atoms. The first-order valence-corrected chi connectivity index (χ1v) is 7.02. The minimum Gasteiger partial charge on any atom is -0.366 e. The van der Waals surface area contributed by atoms with E-state index in [0.717, 1.165) is 19.3 Å². The molecule has 2 atom stereocenters. The van der Waals surface area contributed by atoms with Gasteiger partial charge in [-0.1, -0.05) is 12.8 Å². The van der Waals surface area contributed by atoms with Gasteiger partial charge in [-0.3, -0.25) is 9.59 Å². The zero-order valence-corrected chi connectivity index (χ0v) is 12.7. The lowest BCUT2D eigenvalue weighted by atomic mass is 9.84. The van der Waals surface area contributed by atoms with Gasteiger partial charge in [0.15, 0.2) is 0 Å². The quantitative estimate of drug-likeness (QED) is 0.785. The largest absolute Gasteiger partial charge is 0.366 e. The number of hydrogen-bond acceptors (Lipinski definition) is 3. The summed E-state index contributed by atoms with van der Waals surface area (Å²) >= 11 is 0. The summed E-state index contributed by atoms with van der Waals surface area (Å²) in [4.78, 5) is 23.2. The Bertz CT molecular complexity index is 490. The van der Waals surface area contributed by atoms with Gasteiger partial charge >= 0.3 is 0 Å². The number of rotatable bonds is 4. The Morgan fingerprint density at radius 2 is 1.67 bits per heavy atom. The molecule has 6 heteroatoms. The van der Waals surface area contributed by atoms with Gasteiger partial charge < -0.3 is 16.8 Å². The SMILES string of the molecule is Cl.NCC1CCCCC1NC(=O)c1ccc(C(N)=O)cc1. The maximum atomic E-state index is 12.2. The molecule has 2 unspecified atom stereocenters. The molecule has 0 saturated heterocycles. The predicted molar refractivity (Wildman–Crippen MR) is 84.5 cm³/mol. The molecular weight excluding hydrogens is 290 g/mol. The van der Waals surface area contributed by atoms with Crippen molar-refractivity contribution in [3.8, 4) is 0 Å². The van der Waals surface area contributed by atoms with E-state index in [0.29, 0.717) is 23.6 Å². The van der Waals surface area contributed by atoms with Crippen LogP contribution in [0.25, 0.3) is 0 Å². The smallest absolute Gasteiger partial charge is 0.251 e. The molecule has 0 aliphatic heterocycles. The maximum Gasteiger partial charge on any atom is 0.251 e. The average Bonchev–Trinajstić information content (AvgIpc) is 2.48. The Kier molecular flexibility index (Phi) is 6.65. The number of carbonyl (C=O) groups excluding carboxylic acids is 2. The van der Waals surface area contributed by atoms with Crippen molar-refractivity contribution in [1.82, 2.24) is 5.32 Å². The molecule has 5 nitrogen and oxygen atoms in total. The third-order valence-corrected chi connectivity index (χ3v) is 3.96. The van der Waals surface area contributed by atoms with Crippen LogP contribution in [-0.4, -0.2) is 24.4 Å². The molecule has 1 fully saturated rings. The topological polar surface area (TPSA) is 98.2 Å². The van der Waals surface area contributed by atoms with Gasteiger partial charge in [-0.2, -0.15) is 0 Å². The van der Waals surface area contributed by atoms with Gasteiger partial charge in [-0.15, -0.1) is 12.4 Å². The normalized spacial score (nSPS) is 21.2. The summed E-state index contributed by atoms with van der Waals surface area (Å²) in [6.07, 6.45) is 4.36. The molecule has 0 heterocycles. The van der Waals surface area contributed by atoms with Crippen molar-refractivity contribution >= 4 is 24.2 Å². The fraction of sp³-hybridized carbons (Fsp3) is 0.467. The molecule has 1 aromatic rings. The third-order valence-electron chi connectivity index (χ3n) is 3.96. The number of nitrogens with two attached hydrogens (primary N) is 2. The average molecular weight is 312 g/mol. The molecule has 0 radical (unpaired) electrons. The fourth-order valence-corrected chi connectivity index (χ4v) is 2.72. The van der Waals surface area contributed by atoms with Crippen LogP contribution in [0.1, 0.15) is 46.4 Å². The van der Waals surface area contributed by atoms with Gasteiger partial charge in [0.25, 0.3) is 5.91 Å². The van der Waals surface area contributed by atoms with Crippen molar-refractivity contribution in [2.45, 2.75) is 31.7 Å². The molecule has 1 saturated carbocycles. The number of benzene rings is 1. The van der Waals surface area contributed by atoms with E-state index in [1.165, 1.54) is 6.42 Å². The van der Waals surface area contributed by atoms with E-state index in [2.05, 4.69) is 5.32 Å². The van der Waals surface area contributed by atoms with Gasteiger partial charge in [-0.05, 0) is 49.6 Å². The molecule has 0 aromatic heterocycles. The van der Waals surface area contributed by atoms with E-state index in [1.54, 1.807) is 24.3 Å². The third kappa shape index (κ3) is 4.44. The minimum absolute atomic E-state index is 0. The van der Waals surface area contributed by atoms with Crippen molar-refractivity contribution in [2.24, 2.45) is 17.4 Å². The van der Waals surface area contributed by atoms with Gasteiger partial charge in [-0.25, -0.2) is 0 Å². The van der Waals surface area contributed by atoms with Crippen molar-refractivity contribution in [3.63, 3.8) is 0 Å². The number of carbonyl (C=O) groups is 2. The van der Waals surface area contributed by atoms with E-state index in [1.807, 2.05) is 0 Å². The zero-order valence-electron chi connectivity index (χ0n) is 11.9. The molecule has 21 heavy (non-hydrogen) atoms. The van der Waals surface area contributed by atoms with Crippen LogP contribution >= 0.6 is 12.4 Å². The monoisotopic (exact) mass is 311 g/mol. The molecule has 1 aliphatic carbocycles. The Balaban J connectivity index is 0.00000220. The standard InChI is InChI=1S/C15H21N3O2.ClH/c16-9-12-3-1-2-4-13(12)18-15(20)11-7-5-10(6-8-11)14(17)19;/h5-8,12-13H,1-4,9,16H2,(H2,17,19)(H,18,20);1H. The van der Waals surface area contributed by atoms with E-state index in [-0.39, 0.29) is 24.4 Å². The van der Waals surface area contributed by atoms with Crippen LogP contribution < -0.4 is 16.8 Å². The highest BCUT2D eigenvalue weighted by Crippen LogP contribution is 2.23. The Morgan fingerprint density at radius 1 is 1.10 bits per heavy atom. The lowest BCUT2D eigenvalue weighted by molar-refractivity contribution is 0.0906. The molecule has 2 rings (SSSR count). The van der Waals surface area contributed by atoms with Crippen LogP contribution in [0.2, 0.25) is 0 Å². The molecule has 5 N–H and O–H groups in total. The summed E-state index contributed by atoms with van der Waals surface area (Å²) in [5.41, 5.74) is 11.9. The molecular formula is C15H22ClN3O2. The first-order chi connectivity index (χ1) is 9.61. The summed E-state index contributed by atoms with van der Waals surface area (Å²) < 4.78 is 0. The van der Waals surface area contributed by atoms with Gasteiger partial charge in [0.1, 0.15) is 0 Å². The van der Waals surface area contributed by atoms with Crippen LogP contribution in [0.4, 0.5) is 0 Å². The molecule has 1 aromatic carbocycles. The van der Waals surface area contributed by atoms with Gasteiger partial charge in [0.2, 0.25) is 5.91 Å². The first-order valence-electron chi connectivity index (χ1n) is 7.02. The van der Waals surface area contributed by atoms with Crippen molar-refractivity contribution in [2.75, 3.05) is 6.54 Å². The molecule has 0 bridgehead atoms. The van der Waals surface area contributed by atoms with E-state index in [4.69, 9.17) is 11.5 Å². The van der Waals surface area contributed by atoms with Gasteiger partial charge in [0, 0.05) is 17.2 Å². The fourth-order valence-electron chi connectivity index (χ4n) is 2.72. The number of nitrogens with one attached hydrogen (secondary N) is 1. The first kappa shape index (κ1) is 17.5. The summed E-state index contributed by atoms with van der Waals surface area (Å²) in [6, 6.07) is 6.53. The van der Waals surface area contributed by atoms with Crippen molar-refractivity contribution in [3.05, 3.63) is 35.4 Å². The lowest BCUT2D eigenvalue weighted by Crippen LogP contribution is -2.44. The predicted octanol–water partition coefficient (Wildman–Crippen LogP) is 1.45. The van der Waals surface area contributed by atoms with E-state index in [9.17, 15) is 9.59 Å². The van der Waals surface area contributed by atoms with Crippen molar-refractivity contribution in [1.29, 1.82) is 0 Å². The Hall–Kier alpha value is -1.59. The highest BCUT2D eigenvalue weighted by atomic mass is 35.5. The van der Waals surface area contributed by atoms with Crippen LogP contribution in [0.15, 0.2) is 24.3 Å². The molecule has 1 aliphatic rings. The van der Waals surface area contributed by atoms with Crippen LogP contribution in [0.5, 0.6) is 0 Å². The summed E-state index contributed by atoms with van der Waals surface area (Å²) in [7, 11) is 0. The minimum atomic E-state index is -0.493. The van der Waals surface area contributed by atoms with E-state index < -0.39 is 5.91 Å². The van der Waals surface area contributed by atoms with Crippen LogP contribution in [0.3, 0.4) is 0 Å². The number of hydrogen-bond donors (Lipinski definition) is 3. The Morgan fingerprint density at radius 3 is 2.24 bits per heavy atom.